The number of nitriles is 2. The van der Waals surface area contributed by atoms with Gasteiger partial charge in [-0.25, -0.2) is 4.39 Å². The number of benzene rings is 1. The third-order valence-electron chi connectivity index (χ3n) is 6.55. The van der Waals surface area contributed by atoms with E-state index in [4.69, 9.17) is 0 Å². The van der Waals surface area contributed by atoms with Crippen molar-refractivity contribution in [3.8, 4) is 12.1 Å². The first-order valence-corrected chi connectivity index (χ1v) is 10.9. The van der Waals surface area contributed by atoms with Crippen molar-refractivity contribution in [2.45, 2.75) is 32.9 Å². The average Bonchev–Trinajstić information content (AvgIpc) is 3.43. The topological polar surface area (TPSA) is 126 Å². The molecule has 3 aromatic rings. The average molecular weight is 512 g/mol. The summed E-state index contributed by atoms with van der Waals surface area (Å²) in [4.78, 5) is 14.5. The molecule has 4 rings (SSSR count). The summed E-state index contributed by atoms with van der Waals surface area (Å²) in [6.07, 6.45) is -3.93. The smallest absolute Gasteiger partial charge is 0.350 e. The van der Waals surface area contributed by atoms with E-state index in [2.05, 4.69) is 32.8 Å². The molecule has 1 amide bonds. The molecule has 9 nitrogen and oxygen atoms in total. The van der Waals surface area contributed by atoms with Crippen molar-refractivity contribution in [3.63, 3.8) is 0 Å². The van der Waals surface area contributed by atoms with Crippen LogP contribution >= 0.6 is 0 Å². The molecule has 1 aliphatic heterocycles. The number of amides is 1. The highest BCUT2D eigenvalue weighted by Crippen LogP contribution is 2.43. The number of hydrogen-bond donors (Lipinski definition) is 2. The number of fused-ring (bicyclic) bond motifs is 1. The molecular formula is C24H20F4N8O. The van der Waals surface area contributed by atoms with E-state index in [0.717, 1.165) is 10.9 Å². The van der Waals surface area contributed by atoms with Gasteiger partial charge in [-0.3, -0.25) is 14.6 Å². The van der Waals surface area contributed by atoms with Crippen LogP contribution < -0.4 is 5.32 Å². The normalized spacial score (nSPS) is 14.8. The minimum atomic E-state index is -4.86. The van der Waals surface area contributed by atoms with Crippen LogP contribution in [-0.2, 0) is 13.2 Å². The van der Waals surface area contributed by atoms with Gasteiger partial charge in [-0.2, -0.15) is 33.9 Å². The molecule has 3 heterocycles. The maximum atomic E-state index is 15.7. The van der Waals surface area contributed by atoms with Gasteiger partial charge in [-0.05, 0) is 26.8 Å². The number of nitrogens with zero attached hydrogens (tertiary/aromatic N) is 6. The highest BCUT2D eigenvalue weighted by molar-refractivity contribution is 6.08. The zero-order valence-corrected chi connectivity index (χ0v) is 20.3. The van der Waals surface area contributed by atoms with E-state index in [1.807, 2.05) is 0 Å². The second kappa shape index (κ2) is 8.78. The lowest BCUT2D eigenvalue weighted by Gasteiger charge is -2.33. The third-order valence-corrected chi connectivity index (χ3v) is 6.55. The van der Waals surface area contributed by atoms with Gasteiger partial charge in [0.05, 0.1) is 40.3 Å². The van der Waals surface area contributed by atoms with E-state index in [1.54, 1.807) is 25.8 Å². The minimum absolute atomic E-state index is 0.000780. The third kappa shape index (κ3) is 3.98. The van der Waals surface area contributed by atoms with Gasteiger partial charge in [-0.1, -0.05) is 0 Å². The van der Waals surface area contributed by atoms with Crippen molar-refractivity contribution in [1.82, 2.24) is 24.9 Å². The number of rotatable bonds is 3. The number of H-pyrrole nitrogens is 1. The summed E-state index contributed by atoms with van der Waals surface area (Å²) in [6.45, 7) is 4.82. The minimum Gasteiger partial charge on any atom is -0.350 e. The largest absolute Gasteiger partial charge is 0.435 e. The monoisotopic (exact) mass is 512 g/mol. The maximum absolute atomic E-state index is 15.7. The number of carbonyl (C=O) groups is 1. The van der Waals surface area contributed by atoms with E-state index in [1.165, 1.54) is 20.0 Å². The quantitative estimate of drug-likeness (QED) is 0.493. The Morgan fingerprint density at radius 3 is 2.27 bits per heavy atom. The molecule has 0 fully saturated rings. The Balaban J connectivity index is 1.87. The summed E-state index contributed by atoms with van der Waals surface area (Å²) in [6, 6.07) is 5.49. The molecule has 1 aromatic carbocycles. The summed E-state index contributed by atoms with van der Waals surface area (Å²) in [5.41, 5.74) is -0.360. The zero-order valence-electron chi connectivity index (χ0n) is 20.3. The second-order valence-electron chi connectivity index (χ2n) is 8.63. The van der Waals surface area contributed by atoms with Crippen LogP contribution in [0.3, 0.4) is 0 Å². The number of aryl methyl sites for hydroxylation is 2. The Morgan fingerprint density at radius 2 is 1.73 bits per heavy atom. The van der Waals surface area contributed by atoms with E-state index < -0.39 is 35.1 Å². The Kier molecular flexibility index (Phi) is 6.04. The number of aromatic nitrogens is 4. The summed E-state index contributed by atoms with van der Waals surface area (Å²) in [7, 11) is 2.94. The van der Waals surface area contributed by atoms with Gasteiger partial charge in [0, 0.05) is 48.2 Å². The van der Waals surface area contributed by atoms with E-state index in [9.17, 15) is 28.5 Å². The molecule has 0 saturated heterocycles. The molecule has 0 saturated carbocycles. The highest BCUT2D eigenvalue weighted by Gasteiger charge is 2.39. The molecule has 2 N–H and O–H groups in total. The lowest BCUT2D eigenvalue weighted by Crippen LogP contribution is -2.26. The van der Waals surface area contributed by atoms with Crippen LogP contribution in [0.2, 0.25) is 0 Å². The Morgan fingerprint density at radius 1 is 1.14 bits per heavy atom. The number of allylic oxidation sites excluding steroid dienone is 4. The predicted molar refractivity (Wildman–Crippen MR) is 124 cm³/mol. The number of halogens is 4. The predicted octanol–water partition coefficient (Wildman–Crippen LogP) is 4.64. The van der Waals surface area contributed by atoms with E-state index in [-0.39, 0.29) is 39.0 Å². The molecule has 0 unspecified atom stereocenters. The first-order chi connectivity index (χ1) is 17.3. The van der Waals surface area contributed by atoms with Crippen molar-refractivity contribution in [2.75, 3.05) is 12.4 Å². The fourth-order valence-corrected chi connectivity index (χ4v) is 4.44. The summed E-state index contributed by atoms with van der Waals surface area (Å²) >= 11 is 0. The molecule has 190 valence electrons. The summed E-state index contributed by atoms with van der Waals surface area (Å²) < 4.78 is 56.6. The summed E-state index contributed by atoms with van der Waals surface area (Å²) in [5.74, 6) is -2.97. The van der Waals surface area contributed by atoms with Crippen LogP contribution in [0.15, 0.2) is 34.8 Å². The molecule has 13 heteroatoms. The van der Waals surface area contributed by atoms with Gasteiger partial charge >= 0.3 is 6.18 Å². The van der Waals surface area contributed by atoms with Gasteiger partial charge in [0.25, 0.3) is 5.91 Å². The van der Waals surface area contributed by atoms with Crippen LogP contribution in [0.25, 0.3) is 10.9 Å². The number of carbonyl (C=O) groups excluding carboxylic acids is 1. The fourth-order valence-electron chi connectivity index (χ4n) is 4.44. The van der Waals surface area contributed by atoms with Crippen LogP contribution in [0.4, 0.5) is 23.4 Å². The number of hydrogen-bond acceptors (Lipinski definition) is 6. The van der Waals surface area contributed by atoms with Crippen LogP contribution in [0, 0.1) is 35.4 Å². The lowest BCUT2D eigenvalue weighted by atomic mass is 9.80. The van der Waals surface area contributed by atoms with E-state index in [0.29, 0.717) is 11.4 Å². The second-order valence-corrected chi connectivity index (χ2v) is 8.63. The molecule has 0 atom stereocenters. The highest BCUT2D eigenvalue weighted by atomic mass is 19.4. The van der Waals surface area contributed by atoms with Gasteiger partial charge in [0.15, 0.2) is 11.5 Å². The van der Waals surface area contributed by atoms with Crippen LogP contribution in [0.1, 0.15) is 46.9 Å². The van der Waals surface area contributed by atoms with Gasteiger partial charge in [0.2, 0.25) is 0 Å². The van der Waals surface area contributed by atoms with Crippen molar-refractivity contribution in [3.05, 3.63) is 63.0 Å². The standard InChI is InChI=1S/C24H20F4N8O/c1-10-19(25)13(18-15(7-29)11(2)36(5)12(3)16(18)8-30)6-14-20(10)32-33-22(14)31-23(37)17-9-35(4)34-21(17)24(26,27)28/h6,9,18H,1-5H3,(H2,31,32,33,37). The zero-order chi connectivity index (χ0) is 27.4. The molecule has 0 spiro atoms. The Labute approximate surface area is 208 Å². The van der Waals surface area contributed by atoms with Crippen molar-refractivity contribution < 1.29 is 22.4 Å². The van der Waals surface area contributed by atoms with Gasteiger partial charge in [0.1, 0.15) is 5.82 Å². The van der Waals surface area contributed by atoms with Crippen molar-refractivity contribution in [1.29, 1.82) is 10.5 Å². The van der Waals surface area contributed by atoms with Crippen molar-refractivity contribution in [2.24, 2.45) is 7.05 Å². The first-order valence-electron chi connectivity index (χ1n) is 10.9. The fraction of sp³-hybridized carbons (Fsp3) is 0.292. The van der Waals surface area contributed by atoms with Gasteiger partial charge < -0.3 is 10.2 Å². The number of nitrogens with one attached hydrogen (secondary N) is 2. The number of aromatic amines is 1. The lowest BCUT2D eigenvalue weighted by molar-refractivity contribution is -0.141. The van der Waals surface area contributed by atoms with Crippen LogP contribution in [-0.4, -0.2) is 37.8 Å². The van der Waals surface area contributed by atoms with Gasteiger partial charge in [-0.15, -0.1) is 0 Å². The molecule has 1 aliphatic rings. The molecule has 37 heavy (non-hydrogen) atoms. The Hall–Kier alpha value is -4.65. The number of alkyl halides is 3. The SMILES string of the molecule is CC1=C(C#N)C(c2cc3c(NC(=O)c4cn(C)nc4C(F)(F)F)n[nH]c3c(C)c2F)C(C#N)=C(C)N1C. The van der Waals surface area contributed by atoms with E-state index >= 15 is 4.39 Å². The number of anilines is 1. The molecule has 2 aromatic heterocycles. The van der Waals surface area contributed by atoms with Crippen LogP contribution in [0.5, 0.6) is 0 Å². The Bertz CT molecular complexity index is 1570. The van der Waals surface area contributed by atoms with Crippen molar-refractivity contribution >= 4 is 22.6 Å². The molecule has 0 aliphatic carbocycles. The first kappa shape index (κ1) is 25.4. The molecule has 0 bridgehead atoms. The molecular weight excluding hydrogens is 492 g/mol. The summed E-state index contributed by atoms with van der Waals surface area (Å²) in [5, 5.41) is 32.2. The molecule has 0 radical (unpaired) electrons. The maximum Gasteiger partial charge on any atom is 0.435 e.